The minimum atomic E-state index is -0.439. The number of anilines is 2. The maximum absolute atomic E-state index is 12.4. The van der Waals surface area contributed by atoms with Crippen LogP contribution in [-0.2, 0) is 9.47 Å². The Balaban J connectivity index is 1.68. The summed E-state index contributed by atoms with van der Waals surface area (Å²) in [6, 6.07) is 14.1. The molecule has 1 heterocycles. The van der Waals surface area contributed by atoms with Crippen molar-refractivity contribution in [1.82, 2.24) is 0 Å². The van der Waals surface area contributed by atoms with Gasteiger partial charge in [-0.3, -0.25) is 4.79 Å². The van der Waals surface area contributed by atoms with Crippen LogP contribution >= 0.6 is 0 Å². The number of hydrogen-bond acceptors (Lipinski definition) is 5. The van der Waals surface area contributed by atoms with Crippen molar-refractivity contribution in [1.29, 1.82) is 0 Å². The quantitative estimate of drug-likeness (QED) is 0.867. The maximum atomic E-state index is 12.4. The smallest absolute Gasteiger partial charge is 0.337 e. The third kappa shape index (κ3) is 4.16. The maximum Gasteiger partial charge on any atom is 0.337 e. The van der Waals surface area contributed by atoms with E-state index in [2.05, 4.69) is 15.0 Å². The van der Waals surface area contributed by atoms with Crippen molar-refractivity contribution >= 4 is 23.3 Å². The van der Waals surface area contributed by atoms with E-state index >= 15 is 0 Å². The fourth-order valence-electron chi connectivity index (χ4n) is 2.69. The first kappa shape index (κ1) is 17.0. The predicted octanol–water partition coefficient (Wildman–Crippen LogP) is 2.56. The number of benzene rings is 2. The zero-order valence-electron chi connectivity index (χ0n) is 14.0. The van der Waals surface area contributed by atoms with Gasteiger partial charge in [0.1, 0.15) is 0 Å². The van der Waals surface area contributed by atoms with Gasteiger partial charge in [0, 0.05) is 30.0 Å². The van der Waals surface area contributed by atoms with Gasteiger partial charge in [-0.25, -0.2) is 4.79 Å². The van der Waals surface area contributed by atoms with Crippen molar-refractivity contribution < 1.29 is 19.1 Å². The van der Waals surface area contributed by atoms with Crippen molar-refractivity contribution in [3.8, 4) is 0 Å². The van der Waals surface area contributed by atoms with Crippen LogP contribution in [-0.4, -0.2) is 45.3 Å². The van der Waals surface area contributed by atoms with Crippen LogP contribution in [0, 0.1) is 0 Å². The molecular weight excluding hydrogens is 320 g/mol. The van der Waals surface area contributed by atoms with E-state index in [-0.39, 0.29) is 5.91 Å². The average Bonchev–Trinajstić information content (AvgIpc) is 2.68. The van der Waals surface area contributed by atoms with Crippen LogP contribution in [0.25, 0.3) is 0 Å². The molecule has 25 heavy (non-hydrogen) atoms. The second-order valence-electron chi connectivity index (χ2n) is 5.67. The summed E-state index contributed by atoms with van der Waals surface area (Å²) in [4.78, 5) is 26.2. The highest BCUT2D eigenvalue weighted by Gasteiger charge is 2.13. The summed E-state index contributed by atoms with van der Waals surface area (Å²) in [6.45, 7) is 3.15. The molecule has 0 spiro atoms. The summed E-state index contributed by atoms with van der Waals surface area (Å²) in [6.07, 6.45) is 0. The second-order valence-corrected chi connectivity index (χ2v) is 5.67. The van der Waals surface area contributed by atoms with Crippen molar-refractivity contribution in [3.63, 3.8) is 0 Å². The van der Waals surface area contributed by atoms with Crippen molar-refractivity contribution in [2.24, 2.45) is 0 Å². The number of carbonyl (C=O) groups excluding carboxylic acids is 2. The lowest BCUT2D eigenvalue weighted by atomic mass is 10.1. The van der Waals surface area contributed by atoms with Gasteiger partial charge in [0.15, 0.2) is 0 Å². The van der Waals surface area contributed by atoms with Crippen LogP contribution in [0.4, 0.5) is 11.4 Å². The summed E-state index contributed by atoms with van der Waals surface area (Å²) in [5, 5.41) is 2.80. The molecule has 0 aliphatic carbocycles. The standard InChI is InChI=1S/C19H20N2O4/c1-24-19(23)15-3-2-4-16(13-15)20-18(22)14-5-7-17(8-6-14)21-9-11-25-12-10-21/h2-8,13H,9-12H2,1H3,(H,20,22). The summed E-state index contributed by atoms with van der Waals surface area (Å²) < 4.78 is 10.0. The van der Waals surface area contributed by atoms with Crippen LogP contribution in [0.5, 0.6) is 0 Å². The van der Waals surface area contributed by atoms with E-state index in [1.54, 1.807) is 36.4 Å². The number of nitrogens with one attached hydrogen (secondary N) is 1. The van der Waals surface area contributed by atoms with Crippen molar-refractivity contribution in [2.45, 2.75) is 0 Å². The summed E-state index contributed by atoms with van der Waals surface area (Å²) >= 11 is 0. The molecule has 2 aromatic carbocycles. The Kier molecular flexibility index (Phi) is 5.30. The van der Waals surface area contributed by atoms with Crippen molar-refractivity contribution in [3.05, 3.63) is 59.7 Å². The Labute approximate surface area is 146 Å². The van der Waals surface area contributed by atoms with Gasteiger partial charge in [0.2, 0.25) is 0 Å². The molecule has 3 rings (SSSR count). The highest BCUT2D eigenvalue weighted by molar-refractivity contribution is 6.05. The average molecular weight is 340 g/mol. The van der Waals surface area contributed by atoms with E-state index in [9.17, 15) is 9.59 Å². The molecular formula is C19H20N2O4. The molecule has 0 unspecified atom stereocenters. The predicted molar refractivity (Wildman–Crippen MR) is 95.2 cm³/mol. The highest BCUT2D eigenvalue weighted by Crippen LogP contribution is 2.18. The Morgan fingerprint density at radius 2 is 1.76 bits per heavy atom. The Morgan fingerprint density at radius 1 is 1.04 bits per heavy atom. The minimum absolute atomic E-state index is 0.226. The molecule has 0 aromatic heterocycles. The van der Waals surface area contributed by atoms with E-state index in [1.807, 2.05) is 12.1 Å². The van der Waals surface area contributed by atoms with E-state index in [1.165, 1.54) is 7.11 Å². The van der Waals surface area contributed by atoms with E-state index in [0.29, 0.717) is 16.8 Å². The first-order valence-electron chi connectivity index (χ1n) is 8.10. The van der Waals surface area contributed by atoms with Gasteiger partial charge in [0.25, 0.3) is 5.91 Å². The Morgan fingerprint density at radius 3 is 2.44 bits per heavy atom. The van der Waals surface area contributed by atoms with Gasteiger partial charge in [-0.1, -0.05) is 6.07 Å². The van der Waals surface area contributed by atoms with E-state index in [4.69, 9.17) is 4.74 Å². The first-order valence-corrected chi connectivity index (χ1v) is 8.10. The normalized spacial score (nSPS) is 14.0. The van der Waals surface area contributed by atoms with Crippen molar-refractivity contribution in [2.75, 3.05) is 43.6 Å². The molecule has 0 saturated carbocycles. The van der Waals surface area contributed by atoms with Gasteiger partial charge >= 0.3 is 5.97 Å². The lowest BCUT2D eigenvalue weighted by molar-refractivity contribution is 0.0600. The van der Waals surface area contributed by atoms with Crippen LogP contribution in [0.15, 0.2) is 48.5 Å². The Hall–Kier alpha value is -2.86. The number of esters is 1. The molecule has 1 amide bonds. The zero-order chi connectivity index (χ0) is 17.6. The zero-order valence-corrected chi connectivity index (χ0v) is 14.0. The summed E-state index contributed by atoms with van der Waals surface area (Å²) in [5.74, 6) is -0.665. The molecule has 6 nitrogen and oxygen atoms in total. The molecule has 6 heteroatoms. The molecule has 2 aromatic rings. The lowest BCUT2D eigenvalue weighted by Gasteiger charge is -2.28. The molecule has 0 radical (unpaired) electrons. The molecule has 1 saturated heterocycles. The molecule has 0 bridgehead atoms. The number of ether oxygens (including phenoxy) is 2. The van der Waals surface area contributed by atoms with Gasteiger partial charge in [0.05, 0.1) is 25.9 Å². The number of rotatable bonds is 4. The molecule has 0 atom stereocenters. The highest BCUT2D eigenvalue weighted by atomic mass is 16.5. The van der Waals surface area contributed by atoms with Gasteiger partial charge < -0.3 is 19.7 Å². The van der Waals surface area contributed by atoms with Crippen LogP contribution in [0.1, 0.15) is 20.7 Å². The third-order valence-electron chi connectivity index (χ3n) is 4.05. The molecule has 1 aliphatic heterocycles. The molecule has 130 valence electrons. The monoisotopic (exact) mass is 340 g/mol. The SMILES string of the molecule is COC(=O)c1cccc(NC(=O)c2ccc(N3CCOCC3)cc2)c1. The number of carbonyl (C=O) groups is 2. The first-order chi connectivity index (χ1) is 12.2. The van der Waals surface area contributed by atoms with Gasteiger partial charge in [-0.15, -0.1) is 0 Å². The van der Waals surface area contributed by atoms with E-state index < -0.39 is 5.97 Å². The molecule has 1 aliphatic rings. The number of methoxy groups -OCH3 is 1. The number of nitrogens with zero attached hydrogens (tertiary/aromatic N) is 1. The second kappa shape index (κ2) is 7.81. The molecule has 1 N–H and O–H groups in total. The Bertz CT molecular complexity index is 752. The number of hydrogen-bond donors (Lipinski definition) is 1. The lowest BCUT2D eigenvalue weighted by Crippen LogP contribution is -2.36. The summed E-state index contributed by atoms with van der Waals surface area (Å²) in [7, 11) is 1.32. The fourth-order valence-corrected chi connectivity index (χ4v) is 2.69. The third-order valence-corrected chi connectivity index (χ3v) is 4.05. The van der Waals surface area contributed by atoms with Gasteiger partial charge in [-0.2, -0.15) is 0 Å². The number of morpholine rings is 1. The molecule has 1 fully saturated rings. The van der Waals surface area contributed by atoms with Gasteiger partial charge in [-0.05, 0) is 42.5 Å². The largest absolute Gasteiger partial charge is 0.465 e. The van der Waals surface area contributed by atoms with E-state index in [0.717, 1.165) is 32.0 Å². The number of amides is 1. The topological polar surface area (TPSA) is 67.9 Å². The summed E-state index contributed by atoms with van der Waals surface area (Å²) in [5.41, 5.74) is 2.57. The van der Waals surface area contributed by atoms with Crippen LogP contribution in [0.2, 0.25) is 0 Å². The fraction of sp³-hybridized carbons (Fsp3) is 0.263. The van der Waals surface area contributed by atoms with Crippen LogP contribution < -0.4 is 10.2 Å². The minimum Gasteiger partial charge on any atom is -0.465 e. The van der Waals surface area contributed by atoms with Crippen LogP contribution in [0.3, 0.4) is 0 Å².